The summed E-state index contributed by atoms with van der Waals surface area (Å²) in [5.74, 6) is -0.923. The molecule has 0 bridgehead atoms. The molecule has 1 saturated carbocycles. The molecule has 0 amide bonds. The van der Waals surface area contributed by atoms with Gasteiger partial charge in [0.2, 0.25) is 0 Å². The Hall–Kier alpha value is -1.92. The summed E-state index contributed by atoms with van der Waals surface area (Å²) in [6.07, 6.45) is -3.12. The predicted molar refractivity (Wildman–Crippen MR) is 66.4 cm³/mol. The molecule has 1 aliphatic carbocycles. The average molecular weight is 289 g/mol. The van der Waals surface area contributed by atoms with Crippen LogP contribution < -0.4 is 9.64 Å². The zero-order valence-electron chi connectivity index (χ0n) is 10.8. The number of benzene rings is 1. The van der Waals surface area contributed by atoms with E-state index in [1.807, 2.05) is 0 Å². The maximum Gasteiger partial charge on any atom is 0.405 e. The molecule has 1 fully saturated rings. The lowest BCUT2D eigenvalue weighted by molar-refractivity contribution is -0.120. The Morgan fingerprint density at radius 2 is 2.10 bits per heavy atom. The molecular weight excluding hydrogens is 275 g/mol. The fraction of sp³-hybridized carbons (Fsp3) is 0.462. The minimum Gasteiger partial charge on any atom is -0.497 e. The number of nitrogens with zero attached hydrogens (tertiary/aromatic N) is 1. The summed E-state index contributed by atoms with van der Waals surface area (Å²) in [6.45, 7) is -1.16. The first-order valence-corrected chi connectivity index (χ1v) is 6.06. The van der Waals surface area contributed by atoms with E-state index >= 15 is 0 Å². The van der Waals surface area contributed by atoms with Crippen LogP contribution in [0.25, 0.3) is 0 Å². The van der Waals surface area contributed by atoms with E-state index in [9.17, 15) is 18.0 Å². The number of hydrogen-bond donors (Lipinski definition) is 1. The highest BCUT2D eigenvalue weighted by Gasteiger charge is 2.39. The van der Waals surface area contributed by atoms with Gasteiger partial charge in [-0.15, -0.1) is 0 Å². The minimum absolute atomic E-state index is 0.0525. The maximum atomic E-state index is 12.7. The van der Waals surface area contributed by atoms with Crippen LogP contribution in [-0.2, 0) is 0 Å². The number of aromatic carboxylic acids is 1. The van der Waals surface area contributed by atoms with E-state index in [0.717, 1.165) is 4.90 Å². The van der Waals surface area contributed by atoms with E-state index in [4.69, 9.17) is 9.84 Å². The Balaban J connectivity index is 2.42. The second kappa shape index (κ2) is 5.22. The van der Waals surface area contributed by atoms with Crippen molar-refractivity contribution in [2.75, 3.05) is 18.6 Å². The Bertz CT molecular complexity index is 512. The third kappa shape index (κ3) is 3.34. The average Bonchev–Trinajstić information content (AvgIpc) is 3.18. The SMILES string of the molecule is COc1ccc(C(=O)O)c(N(CC(F)(F)F)C2CC2)c1. The first-order valence-electron chi connectivity index (χ1n) is 6.06. The van der Waals surface area contributed by atoms with Gasteiger partial charge in [0.05, 0.1) is 18.4 Å². The van der Waals surface area contributed by atoms with Gasteiger partial charge < -0.3 is 14.7 Å². The first-order chi connectivity index (χ1) is 9.31. The standard InChI is InChI=1S/C13H14F3NO3/c1-20-9-4-5-10(12(18)19)11(6-9)17(8-2-3-8)7-13(14,15)16/h4-6,8H,2-3,7H2,1H3,(H,18,19). The lowest BCUT2D eigenvalue weighted by atomic mass is 10.1. The van der Waals surface area contributed by atoms with Crippen molar-refractivity contribution in [2.45, 2.75) is 25.1 Å². The summed E-state index contributed by atoms with van der Waals surface area (Å²) < 4.78 is 43.0. The zero-order chi connectivity index (χ0) is 14.9. The molecule has 0 aliphatic heterocycles. The number of anilines is 1. The van der Waals surface area contributed by atoms with Crippen LogP contribution in [-0.4, -0.2) is 36.9 Å². The molecule has 0 saturated heterocycles. The largest absolute Gasteiger partial charge is 0.497 e. The van der Waals surface area contributed by atoms with Gasteiger partial charge in [0.15, 0.2) is 0 Å². The van der Waals surface area contributed by atoms with Gasteiger partial charge in [0, 0.05) is 12.1 Å². The van der Waals surface area contributed by atoms with Crippen LogP contribution in [0.2, 0.25) is 0 Å². The molecule has 1 N–H and O–H groups in total. The van der Waals surface area contributed by atoms with Gasteiger partial charge in [-0.2, -0.15) is 13.2 Å². The highest BCUT2D eigenvalue weighted by atomic mass is 19.4. The molecule has 2 rings (SSSR count). The monoisotopic (exact) mass is 289 g/mol. The van der Waals surface area contributed by atoms with E-state index < -0.39 is 18.7 Å². The third-order valence-corrected chi connectivity index (χ3v) is 3.08. The summed E-state index contributed by atoms with van der Waals surface area (Å²) in [5, 5.41) is 9.13. The minimum atomic E-state index is -4.39. The molecule has 4 nitrogen and oxygen atoms in total. The maximum absolute atomic E-state index is 12.7. The van der Waals surface area contributed by atoms with Crippen LogP contribution >= 0.6 is 0 Å². The third-order valence-electron chi connectivity index (χ3n) is 3.08. The number of carbonyl (C=O) groups is 1. The fourth-order valence-corrected chi connectivity index (χ4v) is 2.05. The second-order valence-electron chi connectivity index (χ2n) is 4.66. The van der Waals surface area contributed by atoms with Crippen LogP contribution in [0.1, 0.15) is 23.2 Å². The van der Waals surface area contributed by atoms with Gasteiger partial charge in [-0.1, -0.05) is 0 Å². The van der Waals surface area contributed by atoms with E-state index in [-0.39, 0.29) is 17.3 Å². The van der Waals surface area contributed by atoms with Crippen LogP contribution in [0.15, 0.2) is 18.2 Å². The molecule has 1 aliphatic rings. The number of ether oxygens (including phenoxy) is 1. The number of halogens is 3. The topological polar surface area (TPSA) is 49.8 Å². The van der Waals surface area contributed by atoms with E-state index in [1.165, 1.54) is 25.3 Å². The summed E-state index contributed by atoms with van der Waals surface area (Å²) in [7, 11) is 1.38. The Morgan fingerprint density at radius 3 is 2.55 bits per heavy atom. The van der Waals surface area contributed by atoms with Gasteiger partial charge in [-0.25, -0.2) is 4.79 Å². The van der Waals surface area contributed by atoms with Gasteiger partial charge in [0.25, 0.3) is 0 Å². The van der Waals surface area contributed by atoms with Crippen molar-refractivity contribution in [1.29, 1.82) is 0 Å². The van der Waals surface area contributed by atoms with Gasteiger partial charge >= 0.3 is 12.1 Å². The molecule has 110 valence electrons. The lowest BCUT2D eigenvalue weighted by Crippen LogP contribution is -2.36. The smallest absolute Gasteiger partial charge is 0.405 e. The lowest BCUT2D eigenvalue weighted by Gasteiger charge is -2.27. The van der Waals surface area contributed by atoms with Crippen molar-refractivity contribution in [3.8, 4) is 5.75 Å². The fourth-order valence-electron chi connectivity index (χ4n) is 2.05. The highest BCUT2D eigenvalue weighted by Crippen LogP contribution is 2.37. The molecule has 0 radical (unpaired) electrons. The number of rotatable bonds is 5. The molecule has 0 aromatic heterocycles. The van der Waals surface area contributed by atoms with Crippen LogP contribution in [0.5, 0.6) is 5.75 Å². The molecule has 20 heavy (non-hydrogen) atoms. The number of carboxylic acid groups (broad SMARTS) is 1. The van der Waals surface area contributed by atoms with Crippen molar-refractivity contribution < 1.29 is 27.8 Å². The number of methoxy groups -OCH3 is 1. The molecule has 1 aromatic rings. The van der Waals surface area contributed by atoms with Crippen molar-refractivity contribution in [2.24, 2.45) is 0 Å². The second-order valence-corrected chi connectivity index (χ2v) is 4.66. The molecule has 0 unspecified atom stereocenters. The van der Waals surface area contributed by atoms with Crippen LogP contribution in [0.3, 0.4) is 0 Å². The molecule has 1 aromatic carbocycles. The summed E-state index contributed by atoms with van der Waals surface area (Å²) in [4.78, 5) is 12.3. The summed E-state index contributed by atoms with van der Waals surface area (Å²) >= 11 is 0. The van der Waals surface area contributed by atoms with E-state index in [1.54, 1.807) is 0 Å². The van der Waals surface area contributed by atoms with Gasteiger partial charge in [-0.3, -0.25) is 0 Å². The molecule has 0 spiro atoms. The molecular formula is C13H14F3NO3. The van der Waals surface area contributed by atoms with Crippen molar-refractivity contribution >= 4 is 11.7 Å². The van der Waals surface area contributed by atoms with Crippen molar-refractivity contribution in [3.63, 3.8) is 0 Å². The number of alkyl halides is 3. The number of hydrogen-bond acceptors (Lipinski definition) is 3. The Labute approximate surface area is 113 Å². The summed E-state index contributed by atoms with van der Waals surface area (Å²) in [6, 6.07) is 3.77. The molecule has 0 atom stereocenters. The normalized spacial score (nSPS) is 15.0. The molecule has 7 heteroatoms. The first kappa shape index (κ1) is 14.5. The van der Waals surface area contributed by atoms with Crippen LogP contribution in [0.4, 0.5) is 18.9 Å². The Kier molecular flexibility index (Phi) is 3.78. The van der Waals surface area contributed by atoms with E-state index in [2.05, 4.69) is 0 Å². The van der Waals surface area contributed by atoms with Crippen molar-refractivity contribution in [3.05, 3.63) is 23.8 Å². The van der Waals surface area contributed by atoms with Crippen molar-refractivity contribution in [1.82, 2.24) is 0 Å². The Morgan fingerprint density at radius 1 is 1.45 bits per heavy atom. The van der Waals surface area contributed by atoms with Gasteiger partial charge in [-0.05, 0) is 25.0 Å². The predicted octanol–water partition coefficient (Wildman–Crippen LogP) is 2.92. The zero-order valence-corrected chi connectivity index (χ0v) is 10.8. The molecule has 0 heterocycles. The highest BCUT2D eigenvalue weighted by molar-refractivity contribution is 5.95. The quantitative estimate of drug-likeness (QED) is 0.905. The summed E-state index contributed by atoms with van der Waals surface area (Å²) in [5.41, 5.74) is -0.0985. The van der Waals surface area contributed by atoms with E-state index in [0.29, 0.717) is 18.6 Å². The van der Waals surface area contributed by atoms with Crippen LogP contribution in [0, 0.1) is 0 Å². The number of carboxylic acids is 1. The van der Waals surface area contributed by atoms with Gasteiger partial charge in [0.1, 0.15) is 12.3 Å².